The Morgan fingerprint density at radius 3 is 2.29 bits per heavy atom. The number of hydrogen-bond donors (Lipinski definition) is 1. The molecule has 1 N–H and O–H groups in total. The first-order chi connectivity index (χ1) is 16.4. The second-order valence-corrected chi connectivity index (χ2v) is 8.99. The van der Waals surface area contributed by atoms with Gasteiger partial charge in [0.25, 0.3) is 5.91 Å². The Balaban J connectivity index is 1.49. The minimum absolute atomic E-state index is 0.211. The van der Waals surface area contributed by atoms with Gasteiger partial charge in [-0.1, -0.05) is 42.5 Å². The first kappa shape index (κ1) is 23.5. The van der Waals surface area contributed by atoms with Crippen LogP contribution in [0.3, 0.4) is 0 Å². The number of rotatable bonds is 7. The Labute approximate surface area is 201 Å². The molecule has 0 spiro atoms. The molecule has 0 fully saturated rings. The number of hydrogen-bond acceptors (Lipinski definition) is 7. The number of carbonyl (C=O) groups is 3. The number of carbonyl (C=O) groups excluding carboxylic acids is 3. The zero-order valence-corrected chi connectivity index (χ0v) is 19.9. The van der Waals surface area contributed by atoms with Crippen LogP contribution in [-0.4, -0.2) is 38.2 Å². The van der Waals surface area contributed by atoms with Gasteiger partial charge in [-0.2, -0.15) is 0 Å². The lowest BCUT2D eigenvalue weighted by atomic mass is 9.99. The number of esters is 2. The minimum atomic E-state index is -0.818. The molecule has 0 aliphatic heterocycles. The molecule has 0 saturated heterocycles. The number of amides is 1. The highest BCUT2D eigenvalue weighted by molar-refractivity contribution is 7.17. The molecule has 0 radical (unpaired) electrons. The molecule has 3 aromatic rings. The molecule has 0 bridgehead atoms. The first-order valence-electron chi connectivity index (χ1n) is 10.9. The molecule has 1 aromatic heterocycles. The Morgan fingerprint density at radius 1 is 0.971 bits per heavy atom. The summed E-state index contributed by atoms with van der Waals surface area (Å²) in [5.74, 6) is -1.42. The Morgan fingerprint density at radius 2 is 1.65 bits per heavy atom. The van der Waals surface area contributed by atoms with Gasteiger partial charge in [-0.05, 0) is 48.6 Å². The van der Waals surface area contributed by atoms with Crippen LogP contribution in [0, 0.1) is 0 Å². The summed E-state index contributed by atoms with van der Waals surface area (Å²) < 4.78 is 15.7. The van der Waals surface area contributed by atoms with Gasteiger partial charge in [0.05, 0.1) is 25.7 Å². The average Bonchev–Trinajstić information content (AvgIpc) is 3.42. The van der Waals surface area contributed by atoms with Crippen molar-refractivity contribution in [2.75, 3.05) is 19.5 Å². The number of thiophene rings is 1. The second kappa shape index (κ2) is 10.1. The normalized spacial score (nSPS) is 15.2. The maximum atomic E-state index is 12.9. The summed E-state index contributed by atoms with van der Waals surface area (Å²) in [6.07, 6.45) is 0.366. The van der Waals surface area contributed by atoms with E-state index in [9.17, 15) is 14.4 Å². The number of fused-ring (bicyclic) bond motifs is 1. The molecule has 0 saturated carbocycles. The fourth-order valence-corrected chi connectivity index (χ4v) is 5.33. The van der Waals surface area contributed by atoms with Gasteiger partial charge in [-0.15, -0.1) is 11.3 Å². The molecule has 0 unspecified atom stereocenters. The Kier molecular flexibility index (Phi) is 6.98. The molecule has 2 atom stereocenters. The minimum Gasteiger partial charge on any atom is -0.481 e. The number of nitrogens with one attached hydrogen (secondary N) is 1. The van der Waals surface area contributed by atoms with Gasteiger partial charge in [0.2, 0.25) is 0 Å². The Bertz CT molecular complexity index is 1200. The van der Waals surface area contributed by atoms with E-state index in [1.165, 1.54) is 25.6 Å². The maximum absolute atomic E-state index is 12.9. The summed E-state index contributed by atoms with van der Waals surface area (Å²) in [6.45, 7) is 1.64. The van der Waals surface area contributed by atoms with Gasteiger partial charge in [0.15, 0.2) is 6.10 Å². The van der Waals surface area contributed by atoms with Crippen LogP contribution in [0.15, 0.2) is 54.6 Å². The van der Waals surface area contributed by atoms with E-state index in [0.717, 1.165) is 16.0 Å². The van der Waals surface area contributed by atoms with Crippen LogP contribution in [0.25, 0.3) is 11.1 Å². The summed E-state index contributed by atoms with van der Waals surface area (Å²) in [4.78, 5) is 38.5. The van der Waals surface area contributed by atoms with Crippen molar-refractivity contribution in [2.45, 2.75) is 31.8 Å². The van der Waals surface area contributed by atoms with Crippen LogP contribution < -0.4 is 10.1 Å². The molecule has 8 heteroatoms. The van der Waals surface area contributed by atoms with Gasteiger partial charge in [0, 0.05) is 4.88 Å². The zero-order valence-electron chi connectivity index (χ0n) is 19.1. The number of benzene rings is 2. The van der Waals surface area contributed by atoms with E-state index in [2.05, 4.69) is 5.32 Å². The van der Waals surface area contributed by atoms with E-state index < -0.39 is 29.9 Å². The summed E-state index contributed by atoms with van der Waals surface area (Å²) >= 11 is 1.28. The lowest BCUT2D eigenvalue weighted by Gasteiger charge is -2.16. The average molecular weight is 480 g/mol. The largest absolute Gasteiger partial charge is 0.481 e. The van der Waals surface area contributed by atoms with Crippen LogP contribution in [0.4, 0.5) is 5.00 Å². The molecular weight excluding hydrogens is 454 g/mol. The van der Waals surface area contributed by atoms with Crippen LogP contribution >= 0.6 is 11.3 Å². The van der Waals surface area contributed by atoms with E-state index in [1.807, 2.05) is 54.6 Å². The van der Waals surface area contributed by atoms with Crippen molar-refractivity contribution in [1.29, 1.82) is 0 Å². The van der Waals surface area contributed by atoms with E-state index in [1.54, 1.807) is 6.92 Å². The Hall–Kier alpha value is -3.65. The second-order valence-electron chi connectivity index (χ2n) is 7.89. The molecule has 1 aliphatic carbocycles. The van der Waals surface area contributed by atoms with Gasteiger partial charge < -0.3 is 19.5 Å². The van der Waals surface area contributed by atoms with Gasteiger partial charge in [-0.3, -0.25) is 9.59 Å². The highest BCUT2D eigenvalue weighted by Gasteiger charge is 2.38. The smallest absolute Gasteiger partial charge is 0.341 e. The first-order valence-corrected chi connectivity index (χ1v) is 11.7. The zero-order chi connectivity index (χ0) is 24.2. The van der Waals surface area contributed by atoms with Crippen molar-refractivity contribution in [1.82, 2.24) is 0 Å². The predicted molar refractivity (Wildman–Crippen MR) is 129 cm³/mol. The molecule has 1 heterocycles. The third kappa shape index (κ3) is 4.68. The summed E-state index contributed by atoms with van der Waals surface area (Å²) in [7, 11) is 2.59. The number of ether oxygens (including phenoxy) is 3. The van der Waals surface area contributed by atoms with E-state index in [0.29, 0.717) is 29.2 Å². The van der Waals surface area contributed by atoms with Crippen molar-refractivity contribution in [3.8, 4) is 16.9 Å². The van der Waals surface area contributed by atoms with Gasteiger partial charge in [0.1, 0.15) is 10.8 Å². The summed E-state index contributed by atoms with van der Waals surface area (Å²) in [6, 6.07) is 17.4. The van der Waals surface area contributed by atoms with Crippen molar-refractivity contribution in [2.24, 2.45) is 0 Å². The number of aryl methyl sites for hydroxylation is 1. The molecule has 1 aliphatic rings. The van der Waals surface area contributed by atoms with Crippen LogP contribution in [0.5, 0.6) is 5.75 Å². The highest BCUT2D eigenvalue weighted by Crippen LogP contribution is 2.46. The van der Waals surface area contributed by atoms with E-state index in [4.69, 9.17) is 14.2 Å². The number of anilines is 1. The molecule has 2 aromatic carbocycles. The fourth-order valence-electron chi connectivity index (χ4n) is 4.06. The molecule has 34 heavy (non-hydrogen) atoms. The third-order valence-electron chi connectivity index (χ3n) is 5.79. The van der Waals surface area contributed by atoms with Crippen LogP contribution in [-0.2, 0) is 25.5 Å². The maximum Gasteiger partial charge on any atom is 0.341 e. The molecule has 1 amide bonds. The quantitative estimate of drug-likeness (QED) is 0.489. The van der Waals surface area contributed by atoms with Crippen LogP contribution in [0.1, 0.15) is 40.1 Å². The van der Waals surface area contributed by atoms with Crippen LogP contribution in [0.2, 0.25) is 0 Å². The lowest BCUT2D eigenvalue weighted by molar-refractivity contribution is -0.142. The molecule has 176 valence electrons. The van der Waals surface area contributed by atoms with Crippen molar-refractivity contribution in [3.05, 3.63) is 70.6 Å². The van der Waals surface area contributed by atoms with Gasteiger partial charge >= 0.3 is 11.9 Å². The monoisotopic (exact) mass is 479 g/mol. The standard InChI is InChI=1S/C26H25NO6S/c1-15(33-18-11-9-17(10-12-18)16-7-5-4-6-8-16)23(28)27-24-22(26(30)32-3)21-19(25(29)31-2)13-14-20(21)34-24/h4-12,15,19H,13-14H2,1-3H3,(H,27,28)/t15-,19-/m1/s1. The topological polar surface area (TPSA) is 90.9 Å². The van der Waals surface area contributed by atoms with E-state index >= 15 is 0 Å². The van der Waals surface area contributed by atoms with E-state index in [-0.39, 0.29) is 5.56 Å². The predicted octanol–water partition coefficient (Wildman–Crippen LogP) is 4.81. The SMILES string of the molecule is COC(=O)c1c(NC(=O)[C@@H](C)Oc2ccc(-c3ccccc3)cc2)sc2c1[C@H](C(=O)OC)CC2. The van der Waals surface area contributed by atoms with Crippen molar-refractivity contribution >= 4 is 34.2 Å². The third-order valence-corrected chi connectivity index (χ3v) is 6.97. The van der Waals surface area contributed by atoms with Gasteiger partial charge in [-0.25, -0.2) is 4.79 Å². The molecular formula is C26H25NO6S. The number of methoxy groups -OCH3 is 2. The summed E-state index contributed by atoms with van der Waals surface area (Å²) in [5, 5.41) is 3.14. The molecule has 4 rings (SSSR count). The van der Waals surface area contributed by atoms with Crippen molar-refractivity contribution in [3.63, 3.8) is 0 Å². The highest BCUT2D eigenvalue weighted by atomic mass is 32.1. The van der Waals surface area contributed by atoms with Crippen molar-refractivity contribution < 1.29 is 28.6 Å². The summed E-state index contributed by atoms with van der Waals surface area (Å²) in [5.41, 5.74) is 2.93. The fraction of sp³-hybridized carbons (Fsp3) is 0.269. The lowest BCUT2D eigenvalue weighted by Crippen LogP contribution is -2.30. The molecule has 7 nitrogen and oxygen atoms in total.